The van der Waals surface area contributed by atoms with Crippen LogP contribution in [-0.4, -0.2) is 63.4 Å². The second kappa shape index (κ2) is 12.9. The first-order valence-electron chi connectivity index (χ1n) is 11.8. The lowest BCUT2D eigenvalue weighted by atomic mass is 10.1. The van der Waals surface area contributed by atoms with Gasteiger partial charge in [0.1, 0.15) is 11.5 Å². The number of carbonyl (C=O) groups is 1. The van der Waals surface area contributed by atoms with Crippen molar-refractivity contribution in [1.82, 2.24) is 4.90 Å². The van der Waals surface area contributed by atoms with Crippen molar-refractivity contribution in [3.63, 3.8) is 0 Å². The molecule has 0 aliphatic carbocycles. The Balaban J connectivity index is 1.78. The zero-order valence-electron chi connectivity index (χ0n) is 20.4. The van der Waals surface area contributed by atoms with E-state index in [2.05, 4.69) is 40.4 Å². The van der Waals surface area contributed by atoms with Crippen LogP contribution < -0.4 is 19.7 Å². The average Bonchev–Trinajstić information content (AvgIpc) is 2.83. The highest BCUT2D eigenvalue weighted by molar-refractivity contribution is 5.94. The lowest BCUT2D eigenvalue weighted by Gasteiger charge is -2.31. The van der Waals surface area contributed by atoms with Crippen LogP contribution in [0.4, 0.5) is 11.4 Å². The molecule has 7 nitrogen and oxygen atoms in total. The summed E-state index contributed by atoms with van der Waals surface area (Å²) < 4.78 is 17.3. The maximum absolute atomic E-state index is 13.0. The molecule has 0 saturated carbocycles. The zero-order chi connectivity index (χ0) is 24.3. The Morgan fingerprint density at radius 3 is 2.44 bits per heavy atom. The topological polar surface area (TPSA) is 63.3 Å². The summed E-state index contributed by atoms with van der Waals surface area (Å²) in [4.78, 5) is 17.2. The number of amides is 1. The summed E-state index contributed by atoms with van der Waals surface area (Å²) in [6.45, 7) is 10.9. The van der Waals surface area contributed by atoms with Crippen LogP contribution in [0.5, 0.6) is 11.5 Å². The number of nitrogens with zero attached hydrogens (tertiary/aromatic N) is 2. The summed E-state index contributed by atoms with van der Waals surface area (Å²) in [7, 11) is 0. The Bertz CT molecular complexity index is 979. The fourth-order valence-electron chi connectivity index (χ4n) is 3.89. The molecule has 2 aromatic rings. The van der Waals surface area contributed by atoms with Crippen LogP contribution in [-0.2, 0) is 16.1 Å². The van der Waals surface area contributed by atoms with Crippen molar-refractivity contribution in [3.8, 4) is 23.8 Å². The molecule has 0 bridgehead atoms. The van der Waals surface area contributed by atoms with Gasteiger partial charge in [-0.05, 0) is 26.3 Å². The van der Waals surface area contributed by atoms with Crippen molar-refractivity contribution in [2.75, 3.05) is 62.8 Å². The number of hydrogen-bond donors (Lipinski definition) is 1. The molecule has 1 aliphatic rings. The van der Waals surface area contributed by atoms with Crippen molar-refractivity contribution in [1.29, 1.82) is 0 Å². The van der Waals surface area contributed by atoms with E-state index in [0.717, 1.165) is 24.3 Å². The van der Waals surface area contributed by atoms with Crippen LogP contribution in [0.3, 0.4) is 0 Å². The molecule has 0 aromatic heterocycles. The average molecular weight is 466 g/mol. The molecule has 0 radical (unpaired) electrons. The summed E-state index contributed by atoms with van der Waals surface area (Å²) in [5.74, 6) is 3.82. The summed E-state index contributed by atoms with van der Waals surface area (Å²) in [5.41, 5.74) is 3.83. The van der Waals surface area contributed by atoms with Gasteiger partial charge in [0, 0.05) is 31.8 Å². The second-order valence-corrected chi connectivity index (χ2v) is 8.16. The molecule has 34 heavy (non-hydrogen) atoms. The maximum atomic E-state index is 13.0. The Labute approximate surface area is 203 Å². The van der Waals surface area contributed by atoms with Crippen molar-refractivity contribution in [2.45, 2.75) is 27.3 Å². The van der Waals surface area contributed by atoms with Gasteiger partial charge in [-0.2, -0.15) is 0 Å². The molecule has 1 heterocycles. The number of anilines is 2. The monoisotopic (exact) mass is 465 g/mol. The van der Waals surface area contributed by atoms with Crippen LogP contribution in [0.25, 0.3) is 0 Å². The number of aryl methyl sites for hydroxylation is 1. The Morgan fingerprint density at radius 1 is 1.12 bits per heavy atom. The molecule has 1 saturated heterocycles. The fraction of sp³-hybridized carbons (Fsp3) is 0.444. The van der Waals surface area contributed by atoms with Crippen molar-refractivity contribution < 1.29 is 19.0 Å². The van der Waals surface area contributed by atoms with Gasteiger partial charge < -0.3 is 24.4 Å². The van der Waals surface area contributed by atoms with E-state index in [9.17, 15) is 4.79 Å². The second-order valence-electron chi connectivity index (χ2n) is 8.16. The third-order valence-corrected chi connectivity index (χ3v) is 5.50. The number of terminal acetylenes is 1. The predicted octanol–water partition coefficient (Wildman–Crippen LogP) is 3.70. The van der Waals surface area contributed by atoms with E-state index >= 15 is 0 Å². The van der Waals surface area contributed by atoms with Gasteiger partial charge >= 0.3 is 0 Å². The Morgan fingerprint density at radius 2 is 1.79 bits per heavy atom. The maximum Gasteiger partial charge on any atom is 0.238 e. The number of hydrogen-bond acceptors (Lipinski definition) is 6. The van der Waals surface area contributed by atoms with E-state index in [4.69, 9.17) is 20.6 Å². The van der Waals surface area contributed by atoms with Crippen LogP contribution >= 0.6 is 0 Å². The minimum atomic E-state index is -0.162. The minimum Gasteiger partial charge on any atom is -0.492 e. The summed E-state index contributed by atoms with van der Waals surface area (Å²) in [6, 6.07) is 12.0. The molecule has 0 spiro atoms. The first-order chi connectivity index (χ1) is 16.5. The molecule has 0 unspecified atom stereocenters. The first-order valence-corrected chi connectivity index (χ1v) is 11.8. The number of ether oxygens (including phenoxy) is 3. The zero-order valence-corrected chi connectivity index (χ0v) is 20.4. The number of benzene rings is 2. The van der Waals surface area contributed by atoms with E-state index in [1.165, 1.54) is 5.56 Å². The molecule has 0 atom stereocenters. The van der Waals surface area contributed by atoms with Gasteiger partial charge in [0.2, 0.25) is 5.91 Å². The molecule has 7 heteroatoms. The lowest BCUT2D eigenvalue weighted by molar-refractivity contribution is -0.117. The molecule has 1 aliphatic heterocycles. The molecular weight excluding hydrogens is 430 g/mol. The van der Waals surface area contributed by atoms with Gasteiger partial charge in [0.15, 0.2) is 0 Å². The van der Waals surface area contributed by atoms with E-state index in [1.54, 1.807) is 0 Å². The Kier molecular flexibility index (Phi) is 9.62. The van der Waals surface area contributed by atoms with Crippen molar-refractivity contribution in [3.05, 3.63) is 47.5 Å². The van der Waals surface area contributed by atoms with Crippen LogP contribution in [0, 0.1) is 19.3 Å². The third-order valence-electron chi connectivity index (χ3n) is 5.50. The van der Waals surface area contributed by atoms with Crippen LogP contribution in [0.2, 0.25) is 0 Å². The molecule has 1 amide bonds. The molecule has 1 N–H and O–H groups in total. The number of morpholine rings is 1. The third kappa shape index (κ3) is 7.14. The highest BCUT2D eigenvalue weighted by atomic mass is 16.5. The fourth-order valence-corrected chi connectivity index (χ4v) is 3.89. The quantitative estimate of drug-likeness (QED) is 0.511. The standard InChI is InChI=1S/C27H35N3O4/c1-5-12-29(19-22-10-8-21(4)9-11-22)20-27(31)28-23-17-26(34-7-3)24(18-25(23)33-6-2)30-13-15-32-16-14-30/h1,8-11,17-18H,6-7,12-16,19-20H2,2-4H3,(H,28,31). The van der Waals surface area contributed by atoms with Gasteiger partial charge in [-0.25, -0.2) is 0 Å². The van der Waals surface area contributed by atoms with Crippen LogP contribution in [0.15, 0.2) is 36.4 Å². The first kappa shape index (κ1) is 25.4. The normalized spacial score (nSPS) is 13.4. The Hall–Kier alpha value is -3.21. The van der Waals surface area contributed by atoms with E-state index in [-0.39, 0.29) is 12.5 Å². The van der Waals surface area contributed by atoms with Gasteiger partial charge in [0.05, 0.1) is 50.9 Å². The van der Waals surface area contributed by atoms with Gasteiger partial charge in [-0.15, -0.1) is 6.42 Å². The largest absolute Gasteiger partial charge is 0.492 e. The van der Waals surface area contributed by atoms with E-state index in [1.807, 2.05) is 37.8 Å². The highest BCUT2D eigenvalue weighted by Crippen LogP contribution is 2.39. The van der Waals surface area contributed by atoms with E-state index in [0.29, 0.717) is 56.7 Å². The summed E-state index contributed by atoms with van der Waals surface area (Å²) in [6.07, 6.45) is 5.57. The predicted molar refractivity (Wildman–Crippen MR) is 136 cm³/mol. The molecule has 1 fully saturated rings. The van der Waals surface area contributed by atoms with Gasteiger partial charge in [-0.3, -0.25) is 9.69 Å². The molecule has 3 rings (SSSR count). The van der Waals surface area contributed by atoms with Gasteiger partial charge in [0.25, 0.3) is 0 Å². The van der Waals surface area contributed by atoms with Crippen molar-refractivity contribution >= 4 is 17.3 Å². The highest BCUT2D eigenvalue weighted by Gasteiger charge is 2.21. The molecule has 182 valence electrons. The minimum absolute atomic E-state index is 0.162. The van der Waals surface area contributed by atoms with E-state index < -0.39 is 0 Å². The SMILES string of the molecule is C#CCN(CC(=O)Nc1cc(OCC)c(N2CCOCC2)cc1OCC)Cc1ccc(C)cc1. The smallest absolute Gasteiger partial charge is 0.238 e. The molecular formula is C27H35N3O4. The lowest BCUT2D eigenvalue weighted by Crippen LogP contribution is -2.36. The van der Waals surface area contributed by atoms with Crippen molar-refractivity contribution in [2.24, 2.45) is 0 Å². The number of rotatable bonds is 11. The summed E-state index contributed by atoms with van der Waals surface area (Å²) >= 11 is 0. The number of nitrogens with one attached hydrogen (secondary N) is 1. The van der Waals surface area contributed by atoms with Gasteiger partial charge in [-0.1, -0.05) is 35.7 Å². The summed E-state index contributed by atoms with van der Waals surface area (Å²) in [5, 5.41) is 3.01. The molecule has 2 aromatic carbocycles. The van der Waals surface area contributed by atoms with Crippen LogP contribution in [0.1, 0.15) is 25.0 Å². The number of carbonyl (C=O) groups excluding carboxylic acids is 1.